The van der Waals surface area contributed by atoms with Crippen molar-refractivity contribution < 1.29 is 18.7 Å². The lowest BCUT2D eigenvalue weighted by Gasteiger charge is -2.07. The Hall–Kier alpha value is -1.34. The first-order valence-corrected chi connectivity index (χ1v) is 8.80. The van der Waals surface area contributed by atoms with Crippen molar-refractivity contribution in [2.24, 2.45) is 0 Å². The molecule has 0 atom stereocenters. The number of carbonyl (C=O) groups excluding carboxylic acids is 2. The summed E-state index contributed by atoms with van der Waals surface area (Å²) in [4.78, 5) is 23.8. The predicted octanol–water partition coefficient (Wildman–Crippen LogP) is 4.19. The smallest absolute Gasteiger partial charge is 0.316 e. The third-order valence-corrected chi connectivity index (χ3v) is 5.19. The standard InChI is InChI=1S/C15H12Cl3NO4S/c16-10-3-4-11(15(18)14(10)17)24-8-13(21)23-7-12(20)19-6-9-2-1-5-22-9/h1-5H,6-8H2,(H,19,20). The molecule has 128 valence electrons. The molecule has 0 unspecified atom stereocenters. The molecule has 1 amide bonds. The third-order valence-electron chi connectivity index (χ3n) is 2.75. The van der Waals surface area contributed by atoms with Crippen LogP contribution in [0.5, 0.6) is 0 Å². The van der Waals surface area contributed by atoms with E-state index in [1.807, 2.05) is 0 Å². The number of ether oxygens (including phenoxy) is 1. The number of hydrogen-bond acceptors (Lipinski definition) is 5. The van der Waals surface area contributed by atoms with Crippen LogP contribution in [0, 0.1) is 0 Å². The summed E-state index contributed by atoms with van der Waals surface area (Å²) in [5.41, 5.74) is 0. The summed E-state index contributed by atoms with van der Waals surface area (Å²) in [7, 11) is 0. The van der Waals surface area contributed by atoms with E-state index < -0.39 is 11.9 Å². The average molecular weight is 409 g/mol. The molecule has 9 heteroatoms. The van der Waals surface area contributed by atoms with Gasteiger partial charge in [-0.2, -0.15) is 0 Å². The first-order chi connectivity index (χ1) is 11.5. The van der Waals surface area contributed by atoms with Crippen molar-refractivity contribution in [3.05, 3.63) is 51.4 Å². The van der Waals surface area contributed by atoms with Crippen LogP contribution in [0.25, 0.3) is 0 Å². The minimum absolute atomic E-state index is 0.0108. The van der Waals surface area contributed by atoms with Gasteiger partial charge in [-0.25, -0.2) is 0 Å². The Labute approximate surface area is 157 Å². The summed E-state index contributed by atoms with van der Waals surface area (Å²) in [6.07, 6.45) is 1.51. The summed E-state index contributed by atoms with van der Waals surface area (Å²) in [5, 5.41) is 3.41. The van der Waals surface area contributed by atoms with Gasteiger partial charge in [-0.15, -0.1) is 11.8 Å². The largest absolute Gasteiger partial charge is 0.467 e. The number of nitrogens with one attached hydrogen (secondary N) is 1. The normalized spacial score (nSPS) is 10.5. The van der Waals surface area contributed by atoms with E-state index in [9.17, 15) is 9.59 Å². The predicted molar refractivity (Wildman–Crippen MR) is 93.7 cm³/mol. The van der Waals surface area contributed by atoms with Crippen molar-refractivity contribution in [2.45, 2.75) is 11.4 Å². The second-order valence-electron chi connectivity index (χ2n) is 4.48. The zero-order chi connectivity index (χ0) is 17.5. The number of rotatable bonds is 7. The SMILES string of the molecule is O=C(COC(=O)CSc1ccc(Cl)c(Cl)c1Cl)NCc1ccco1. The molecule has 0 spiro atoms. The molecule has 0 aliphatic heterocycles. The molecule has 5 nitrogen and oxygen atoms in total. The summed E-state index contributed by atoms with van der Waals surface area (Å²) in [5.74, 6) is -0.365. The number of amides is 1. The van der Waals surface area contributed by atoms with E-state index >= 15 is 0 Å². The van der Waals surface area contributed by atoms with Gasteiger partial charge < -0.3 is 14.5 Å². The summed E-state index contributed by atoms with van der Waals surface area (Å²) < 4.78 is 9.95. The van der Waals surface area contributed by atoms with Crippen molar-refractivity contribution in [2.75, 3.05) is 12.4 Å². The molecule has 24 heavy (non-hydrogen) atoms. The van der Waals surface area contributed by atoms with Gasteiger partial charge in [-0.05, 0) is 24.3 Å². The van der Waals surface area contributed by atoms with E-state index in [-0.39, 0.29) is 28.9 Å². The maximum atomic E-state index is 11.7. The second kappa shape index (κ2) is 9.22. The van der Waals surface area contributed by atoms with E-state index in [1.54, 1.807) is 24.3 Å². The molecule has 2 rings (SSSR count). The topological polar surface area (TPSA) is 68.5 Å². The Morgan fingerprint density at radius 1 is 1.17 bits per heavy atom. The zero-order valence-electron chi connectivity index (χ0n) is 12.2. The molecule has 0 radical (unpaired) electrons. The lowest BCUT2D eigenvalue weighted by molar-refractivity contribution is -0.146. The van der Waals surface area contributed by atoms with Gasteiger partial charge in [0.2, 0.25) is 0 Å². The van der Waals surface area contributed by atoms with Gasteiger partial charge in [0, 0.05) is 4.90 Å². The Morgan fingerprint density at radius 2 is 1.96 bits per heavy atom. The monoisotopic (exact) mass is 407 g/mol. The van der Waals surface area contributed by atoms with E-state index in [0.29, 0.717) is 15.7 Å². The van der Waals surface area contributed by atoms with Crippen molar-refractivity contribution >= 4 is 58.4 Å². The Morgan fingerprint density at radius 3 is 2.67 bits per heavy atom. The van der Waals surface area contributed by atoms with Gasteiger partial charge >= 0.3 is 5.97 Å². The van der Waals surface area contributed by atoms with Crippen LogP contribution in [-0.4, -0.2) is 24.2 Å². The number of carbonyl (C=O) groups is 2. The van der Waals surface area contributed by atoms with Gasteiger partial charge in [0.05, 0.1) is 33.6 Å². The molecule has 2 aromatic rings. The van der Waals surface area contributed by atoms with Crippen molar-refractivity contribution in [1.82, 2.24) is 5.32 Å². The van der Waals surface area contributed by atoms with Gasteiger partial charge in [-0.3, -0.25) is 9.59 Å². The van der Waals surface area contributed by atoms with Crippen LogP contribution in [0.3, 0.4) is 0 Å². The highest BCUT2D eigenvalue weighted by Gasteiger charge is 2.13. The van der Waals surface area contributed by atoms with Gasteiger partial charge in [-0.1, -0.05) is 34.8 Å². The average Bonchev–Trinajstić information content (AvgIpc) is 3.09. The van der Waals surface area contributed by atoms with Gasteiger partial charge in [0.15, 0.2) is 6.61 Å². The molecule has 0 aliphatic carbocycles. The highest BCUT2D eigenvalue weighted by molar-refractivity contribution is 8.00. The summed E-state index contributed by atoms with van der Waals surface area (Å²) in [6.45, 7) is -0.133. The molecule has 0 fully saturated rings. The molecule has 0 saturated carbocycles. The maximum Gasteiger partial charge on any atom is 0.316 e. The van der Waals surface area contributed by atoms with Crippen LogP contribution >= 0.6 is 46.6 Å². The van der Waals surface area contributed by atoms with Crippen LogP contribution in [0.15, 0.2) is 39.8 Å². The zero-order valence-corrected chi connectivity index (χ0v) is 15.3. The molecular weight excluding hydrogens is 397 g/mol. The molecule has 1 N–H and O–H groups in total. The number of furan rings is 1. The van der Waals surface area contributed by atoms with Crippen molar-refractivity contribution in [1.29, 1.82) is 0 Å². The van der Waals surface area contributed by atoms with Crippen molar-refractivity contribution in [3.8, 4) is 0 Å². The Bertz CT molecular complexity index is 722. The van der Waals surface area contributed by atoms with E-state index in [2.05, 4.69) is 5.32 Å². The highest BCUT2D eigenvalue weighted by Crippen LogP contribution is 2.37. The Balaban J connectivity index is 1.71. The van der Waals surface area contributed by atoms with Gasteiger partial charge in [0.1, 0.15) is 5.76 Å². The number of hydrogen-bond donors (Lipinski definition) is 1. The quantitative estimate of drug-likeness (QED) is 0.422. The molecular formula is C15H12Cl3NO4S. The van der Waals surface area contributed by atoms with Crippen LogP contribution in [0.1, 0.15) is 5.76 Å². The second-order valence-corrected chi connectivity index (χ2v) is 6.66. The van der Waals surface area contributed by atoms with Crippen LogP contribution in [0.4, 0.5) is 0 Å². The first kappa shape index (κ1) is 19.0. The fourth-order valence-electron chi connectivity index (χ4n) is 1.59. The molecule has 0 aliphatic rings. The molecule has 0 saturated heterocycles. The Kier molecular flexibility index (Phi) is 7.30. The van der Waals surface area contributed by atoms with Crippen molar-refractivity contribution in [3.63, 3.8) is 0 Å². The van der Waals surface area contributed by atoms with Crippen LogP contribution in [-0.2, 0) is 20.9 Å². The lowest BCUT2D eigenvalue weighted by Crippen LogP contribution is -2.28. The highest BCUT2D eigenvalue weighted by atomic mass is 35.5. The lowest BCUT2D eigenvalue weighted by atomic mass is 10.4. The number of benzene rings is 1. The summed E-state index contributed by atoms with van der Waals surface area (Å²) in [6, 6.07) is 6.69. The number of thioether (sulfide) groups is 1. The van der Waals surface area contributed by atoms with E-state index in [1.165, 1.54) is 6.26 Å². The van der Waals surface area contributed by atoms with Crippen LogP contribution < -0.4 is 5.32 Å². The number of halogens is 3. The number of esters is 1. The molecule has 1 aromatic heterocycles. The third kappa shape index (κ3) is 5.63. The van der Waals surface area contributed by atoms with Gasteiger partial charge in [0.25, 0.3) is 5.91 Å². The molecule has 0 bridgehead atoms. The van der Waals surface area contributed by atoms with E-state index in [0.717, 1.165) is 11.8 Å². The van der Waals surface area contributed by atoms with E-state index in [4.69, 9.17) is 44.0 Å². The van der Waals surface area contributed by atoms with Crippen LogP contribution in [0.2, 0.25) is 15.1 Å². The molecule has 1 heterocycles. The maximum absolute atomic E-state index is 11.7. The summed E-state index contributed by atoms with van der Waals surface area (Å²) >= 11 is 18.9. The first-order valence-electron chi connectivity index (χ1n) is 6.68. The fraction of sp³-hybridized carbons (Fsp3) is 0.200. The molecule has 1 aromatic carbocycles. The minimum atomic E-state index is -0.546. The fourth-order valence-corrected chi connectivity index (χ4v) is 3.10. The minimum Gasteiger partial charge on any atom is -0.467 e.